The zero-order valence-electron chi connectivity index (χ0n) is 11.3. The smallest absolute Gasteiger partial charge is 0.194 e. The average molecular weight is 286 g/mol. The van der Waals surface area contributed by atoms with E-state index in [4.69, 9.17) is 4.74 Å². The van der Waals surface area contributed by atoms with Gasteiger partial charge in [0.05, 0.1) is 19.0 Å². The summed E-state index contributed by atoms with van der Waals surface area (Å²) in [5.74, 6) is 0.819. The molecule has 0 spiro atoms. The van der Waals surface area contributed by atoms with Gasteiger partial charge < -0.3 is 4.74 Å². The van der Waals surface area contributed by atoms with E-state index in [1.165, 1.54) is 4.88 Å². The van der Waals surface area contributed by atoms with Crippen molar-refractivity contribution in [3.05, 3.63) is 41.0 Å². The van der Waals surface area contributed by atoms with Crippen LogP contribution in [0.3, 0.4) is 0 Å². The largest absolute Gasteiger partial charge is 0.497 e. The monoisotopic (exact) mass is 286 g/mol. The fraction of sp³-hybridized carbons (Fsp3) is 0.200. The molecule has 3 rings (SSSR count). The molecule has 0 amide bonds. The molecular formula is C15H14N2O2S. The summed E-state index contributed by atoms with van der Waals surface area (Å²) in [4.78, 5) is 17.6. The first kappa shape index (κ1) is 12.9. The number of methoxy groups -OCH3 is 1. The molecule has 0 bridgehead atoms. The average Bonchev–Trinajstić information content (AvgIpc) is 3.05. The zero-order chi connectivity index (χ0) is 14.1. The van der Waals surface area contributed by atoms with Crippen molar-refractivity contribution in [1.29, 1.82) is 0 Å². The van der Waals surface area contributed by atoms with Crippen LogP contribution in [0.25, 0.3) is 16.2 Å². The number of fused-ring (bicyclic) bond motifs is 1. The summed E-state index contributed by atoms with van der Waals surface area (Å²) in [7, 11) is 1.65. The van der Waals surface area contributed by atoms with E-state index in [1.807, 2.05) is 28.7 Å². The van der Waals surface area contributed by atoms with Gasteiger partial charge in [0.15, 0.2) is 11.2 Å². The molecule has 0 atom stereocenters. The Morgan fingerprint density at radius 1 is 1.35 bits per heavy atom. The van der Waals surface area contributed by atoms with Crippen molar-refractivity contribution in [2.24, 2.45) is 0 Å². The Morgan fingerprint density at radius 2 is 2.10 bits per heavy atom. The van der Waals surface area contributed by atoms with Crippen molar-refractivity contribution in [1.82, 2.24) is 9.38 Å². The number of ether oxygens (including phenoxy) is 1. The molecule has 102 valence electrons. The number of thiazole rings is 1. The van der Waals surface area contributed by atoms with Crippen LogP contribution in [0.4, 0.5) is 0 Å². The van der Waals surface area contributed by atoms with Crippen molar-refractivity contribution in [2.45, 2.75) is 13.3 Å². The molecule has 0 aliphatic rings. The van der Waals surface area contributed by atoms with Crippen LogP contribution in [0, 0.1) is 0 Å². The SMILES string of the molecule is CCc1sc2ncc(C=O)n2c1-c1ccc(OC)cc1. The minimum atomic E-state index is 0.585. The Hall–Kier alpha value is -2.14. The normalized spacial score (nSPS) is 10.9. The van der Waals surface area contributed by atoms with E-state index in [-0.39, 0.29) is 0 Å². The molecule has 0 N–H and O–H groups in total. The van der Waals surface area contributed by atoms with Gasteiger partial charge in [-0.05, 0) is 36.2 Å². The summed E-state index contributed by atoms with van der Waals surface area (Å²) in [6.45, 7) is 2.11. The quantitative estimate of drug-likeness (QED) is 0.690. The Labute approximate surface area is 120 Å². The molecule has 1 aromatic carbocycles. The third kappa shape index (κ3) is 1.91. The second-order valence-corrected chi connectivity index (χ2v) is 5.44. The van der Waals surface area contributed by atoms with E-state index in [2.05, 4.69) is 11.9 Å². The second kappa shape index (κ2) is 5.09. The number of nitrogens with zero attached hydrogens (tertiary/aromatic N) is 2. The molecule has 2 heterocycles. The van der Waals surface area contributed by atoms with Crippen LogP contribution in [0.5, 0.6) is 5.75 Å². The minimum absolute atomic E-state index is 0.585. The highest BCUT2D eigenvalue weighted by atomic mass is 32.1. The molecule has 5 heteroatoms. The molecule has 4 nitrogen and oxygen atoms in total. The van der Waals surface area contributed by atoms with Crippen LogP contribution in [0.15, 0.2) is 30.5 Å². The van der Waals surface area contributed by atoms with Crippen molar-refractivity contribution in [3.8, 4) is 17.0 Å². The topological polar surface area (TPSA) is 43.6 Å². The van der Waals surface area contributed by atoms with Crippen molar-refractivity contribution < 1.29 is 9.53 Å². The van der Waals surface area contributed by atoms with Crippen LogP contribution >= 0.6 is 11.3 Å². The molecule has 0 aliphatic carbocycles. The van der Waals surface area contributed by atoms with E-state index in [9.17, 15) is 4.79 Å². The first-order chi connectivity index (χ1) is 9.78. The fourth-order valence-electron chi connectivity index (χ4n) is 2.29. The summed E-state index contributed by atoms with van der Waals surface area (Å²) in [5, 5.41) is 0. The number of imidazole rings is 1. The first-order valence-corrected chi connectivity index (χ1v) is 7.18. The summed E-state index contributed by atoms with van der Waals surface area (Å²) in [6.07, 6.45) is 3.37. The standard InChI is InChI=1S/C15H14N2O2S/c1-3-13-14(10-4-6-12(19-2)7-5-10)17-11(9-18)8-16-15(17)20-13/h4-9H,3H2,1-2H3. The van der Waals surface area contributed by atoms with E-state index < -0.39 is 0 Å². The molecule has 0 radical (unpaired) electrons. The molecule has 0 aliphatic heterocycles. The minimum Gasteiger partial charge on any atom is -0.497 e. The highest BCUT2D eigenvalue weighted by Gasteiger charge is 2.16. The number of carbonyl (C=O) groups is 1. The molecule has 0 unspecified atom stereocenters. The molecule has 0 saturated carbocycles. The number of hydrogen-bond acceptors (Lipinski definition) is 4. The molecule has 3 aromatic rings. The number of carbonyl (C=O) groups excluding carboxylic acids is 1. The summed E-state index contributed by atoms with van der Waals surface area (Å²) in [6, 6.07) is 7.87. The highest BCUT2D eigenvalue weighted by molar-refractivity contribution is 7.17. The van der Waals surface area contributed by atoms with Crippen LogP contribution < -0.4 is 4.74 Å². The summed E-state index contributed by atoms with van der Waals surface area (Å²) < 4.78 is 7.12. The number of hydrogen-bond donors (Lipinski definition) is 0. The van der Waals surface area contributed by atoms with Crippen molar-refractivity contribution >= 4 is 22.6 Å². The first-order valence-electron chi connectivity index (χ1n) is 6.37. The lowest BCUT2D eigenvalue weighted by atomic mass is 10.1. The van der Waals surface area contributed by atoms with Crippen molar-refractivity contribution in [3.63, 3.8) is 0 Å². The van der Waals surface area contributed by atoms with E-state index in [0.717, 1.165) is 34.7 Å². The zero-order valence-corrected chi connectivity index (χ0v) is 12.1. The van der Waals surface area contributed by atoms with Gasteiger partial charge in [-0.15, -0.1) is 11.3 Å². The van der Waals surface area contributed by atoms with Crippen molar-refractivity contribution in [2.75, 3.05) is 7.11 Å². The van der Waals surface area contributed by atoms with Gasteiger partial charge in [-0.1, -0.05) is 6.92 Å². The number of aryl methyl sites for hydroxylation is 1. The Kier molecular flexibility index (Phi) is 3.28. The van der Waals surface area contributed by atoms with Crippen LogP contribution in [-0.4, -0.2) is 22.8 Å². The maximum absolute atomic E-state index is 11.2. The fourth-order valence-corrected chi connectivity index (χ4v) is 3.35. The molecule has 20 heavy (non-hydrogen) atoms. The lowest BCUT2D eigenvalue weighted by molar-refractivity contribution is 0.111. The Bertz CT molecular complexity index is 756. The number of aromatic nitrogens is 2. The Balaban J connectivity index is 2.26. The van der Waals surface area contributed by atoms with Crippen LogP contribution in [-0.2, 0) is 6.42 Å². The van der Waals surface area contributed by atoms with Gasteiger partial charge in [0, 0.05) is 4.88 Å². The van der Waals surface area contributed by atoms with E-state index >= 15 is 0 Å². The second-order valence-electron chi connectivity index (χ2n) is 4.37. The van der Waals surface area contributed by atoms with E-state index in [0.29, 0.717) is 5.69 Å². The maximum Gasteiger partial charge on any atom is 0.194 e. The molecule has 0 saturated heterocycles. The van der Waals surface area contributed by atoms with Crippen LogP contribution in [0.2, 0.25) is 0 Å². The number of rotatable bonds is 4. The third-order valence-corrected chi connectivity index (χ3v) is 4.46. The summed E-state index contributed by atoms with van der Waals surface area (Å²) >= 11 is 1.63. The third-order valence-electron chi connectivity index (χ3n) is 3.26. The number of benzene rings is 1. The predicted molar refractivity (Wildman–Crippen MR) is 79.8 cm³/mol. The number of aldehydes is 1. The lowest BCUT2D eigenvalue weighted by Crippen LogP contribution is -1.94. The van der Waals surface area contributed by atoms with Gasteiger partial charge in [-0.25, -0.2) is 4.98 Å². The van der Waals surface area contributed by atoms with Gasteiger partial charge in [0.1, 0.15) is 11.4 Å². The van der Waals surface area contributed by atoms with Crippen LogP contribution in [0.1, 0.15) is 22.3 Å². The molecule has 0 fully saturated rings. The predicted octanol–water partition coefficient (Wildman–Crippen LogP) is 3.45. The van der Waals surface area contributed by atoms with Gasteiger partial charge in [0.2, 0.25) is 0 Å². The molecule has 2 aromatic heterocycles. The molecular weight excluding hydrogens is 272 g/mol. The van der Waals surface area contributed by atoms with Gasteiger partial charge in [-0.3, -0.25) is 9.20 Å². The highest BCUT2D eigenvalue weighted by Crippen LogP contribution is 2.33. The Morgan fingerprint density at radius 3 is 2.70 bits per heavy atom. The van der Waals surface area contributed by atoms with E-state index in [1.54, 1.807) is 24.6 Å². The lowest BCUT2D eigenvalue weighted by Gasteiger charge is -2.06. The maximum atomic E-state index is 11.2. The summed E-state index contributed by atoms with van der Waals surface area (Å²) in [5.41, 5.74) is 2.70. The van der Waals surface area contributed by atoms with Gasteiger partial charge in [0.25, 0.3) is 0 Å². The van der Waals surface area contributed by atoms with Gasteiger partial charge in [-0.2, -0.15) is 0 Å². The van der Waals surface area contributed by atoms with Gasteiger partial charge >= 0.3 is 0 Å².